The maximum atomic E-state index is 13.3. The summed E-state index contributed by atoms with van der Waals surface area (Å²) in [6, 6.07) is 18.9. The SMILES string of the molecule is O=C(Nc1nc2c(s1)CCCC2C(=O)Nc1cccc2ccccc12)c1ccc2c(c1)OCO2. The van der Waals surface area contributed by atoms with Crippen molar-refractivity contribution in [1.29, 1.82) is 0 Å². The first kappa shape index (κ1) is 20.7. The fourth-order valence-corrected chi connectivity index (χ4v) is 5.55. The quantitative estimate of drug-likeness (QED) is 0.420. The van der Waals surface area contributed by atoms with Gasteiger partial charge in [-0.1, -0.05) is 36.4 Å². The van der Waals surface area contributed by atoms with E-state index in [4.69, 9.17) is 9.47 Å². The standard InChI is InChI=1S/C26H21N3O4S/c30-24(16-11-12-20-21(13-16)33-14-32-20)29-26-28-23-18(8-4-10-22(23)34-26)25(31)27-19-9-3-6-15-5-1-2-7-17(15)19/h1-3,5-7,9,11-13,18H,4,8,10,14H2,(H,27,31)(H,28,29,30). The van der Waals surface area contributed by atoms with E-state index in [-0.39, 0.29) is 24.5 Å². The van der Waals surface area contributed by atoms with Crippen molar-refractivity contribution in [3.8, 4) is 11.5 Å². The summed E-state index contributed by atoms with van der Waals surface area (Å²) >= 11 is 1.43. The van der Waals surface area contributed by atoms with Gasteiger partial charge in [0.1, 0.15) is 0 Å². The lowest BCUT2D eigenvalue weighted by atomic mass is 9.90. The van der Waals surface area contributed by atoms with Crippen molar-refractivity contribution in [3.05, 3.63) is 76.8 Å². The van der Waals surface area contributed by atoms with Crippen LogP contribution in [0.3, 0.4) is 0 Å². The van der Waals surface area contributed by atoms with E-state index in [2.05, 4.69) is 15.6 Å². The Morgan fingerprint density at radius 3 is 2.76 bits per heavy atom. The van der Waals surface area contributed by atoms with Crippen LogP contribution in [0, 0.1) is 0 Å². The summed E-state index contributed by atoms with van der Waals surface area (Å²) in [5.74, 6) is 0.477. The number of fused-ring (bicyclic) bond motifs is 3. The third kappa shape index (κ3) is 3.76. The minimum Gasteiger partial charge on any atom is -0.454 e. The highest BCUT2D eigenvalue weighted by Crippen LogP contribution is 2.38. The Balaban J connectivity index is 1.22. The molecule has 8 heteroatoms. The van der Waals surface area contributed by atoms with Crippen molar-refractivity contribution in [2.75, 3.05) is 17.4 Å². The zero-order chi connectivity index (χ0) is 23.1. The molecular weight excluding hydrogens is 450 g/mol. The lowest BCUT2D eigenvalue weighted by Crippen LogP contribution is -2.24. The average molecular weight is 472 g/mol. The number of nitrogens with zero attached hydrogens (tertiary/aromatic N) is 1. The molecule has 2 heterocycles. The van der Waals surface area contributed by atoms with Gasteiger partial charge in [0.25, 0.3) is 5.91 Å². The van der Waals surface area contributed by atoms with Crippen LogP contribution >= 0.6 is 11.3 Å². The highest BCUT2D eigenvalue weighted by Gasteiger charge is 2.31. The van der Waals surface area contributed by atoms with Gasteiger partial charge in [-0.25, -0.2) is 4.98 Å². The van der Waals surface area contributed by atoms with Crippen molar-refractivity contribution in [1.82, 2.24) is 4.98 Å². The highest BCUT2D eigenvalue weighted by atomic mass is 32.1. The van der Waals surface area contributed by atoms with Gasteiger partial charge in [-0.3, -0.25) is 14.9 Å². The van der Waals surface area contributed by atoms with Crippen molar-refractivity contribution in [2.45, 2.75) is 25.2 Å². The third-order valence-electron chi connectivity index (χ3n) is 6.17. The first-order valence-electron chi connectivity index (χ1n) is 11.1. The molecule has 0 saturated heterocycles. The summed E-state index contributed by atoms with van der Waals surface area (Å²) in [5.41, 5.74) is 2.01. The van der Waals surface area contributed by atoms with Crippen LogP contribution in [0.15, 0.2) is 60.7 Å². The zero-order valence-corrected chi connectivity index (χ0v) is 19.0. The second-order valence-corrected chi connectivity index (χ2v) is 9.39. The van der Waals surface area contributed by atoms with Crippen LogP contribution in [0.5, 0.6) is 11.5 Å². The number of aryl methyl sites for hydroxylation is 1. The van der Waals surface area contributed by atoms with Crippen LogP contribution in [0.2, 0.25) is 0 Å². The van der Waals surface area contributed by atoms with E-state index < -0.39 is 0 Å². The van der Waals surface area contributed by atoms with Gasteiger partial charge in [-0.2, -0.15) is 0 Å². The molecule has 6 rings (SSSR count). The molecule has 3 aromatic carbocycles. The van der Waals surface area contributed by atoms with Crippen LogP contribution in [0.25, 0.3) is 10.8 Å². The molecule has 2 aliphatic rings. The fourth-order valence-electron chi connectivity index (χ4n) is 4.49. The molecule has 7 nitrogen and oxygen atoms in total. The minimum absolute atomic E-state index is 0.0729. The predicted octanol–water partition coefficient (Wildman–Crippen LogP) is 5.34. The van der Waals surface area contributed by atoms with Crippen LogP contribution in [0.1, 0.15) is 39.7 Å². The Bertz CT molecular complexity index is 1430. The molecule has 2 N–H and O–H groups in total. The summed E-state index contributed by atoms with van der Waals surface area (Å²) in [6.07, 6.45) is 2.48. The van der Waals surface area contributed by atoms with Gasteiger partial charge in [-0.15, -0.1) is 11.3 Å². The normalized spacial score (nSPS) is 16.2. The summed E-state index contributed by atoms with van der Waals surface area (Å²) in [7, 11) is 0. The molecule has 2 amide bonds. The number of nitrogens with one attached hydrogen (secondary N) is 2. The molecule has 0 spiro atoms. The maximum Gasteiger partial charge on any atom is 0.257 e. The molecule has 0 radical (unpaired) electrons. The molecule has 1 aliphatic carbocycles. The molecule has 34 heavy (non-hydrogen) atoms. The number of carbonyl (C=O) groups is 2. The largest absolute Gasteiger partial charge is 0.454 e. The topological polar surface area (TPSA) is 89.6 Å². The lowest BCUT2D eigenvalue weighted by Gasteiger charge is -2.20. The van der Waals surface area contributed by atoms with Crippen LogP contribution in [0.4, 0.5) is 10.8 Å². The van der Waals surface area contributed by atoms with Gasteiger partial charge in [0, 0.05) is 21.5 Å². The molecule has 1 aliphatic heterocycles. The van der Waals surface area contributed by atoms with Crippen molar-refractivity contribution >= 4 is 44.7 Å². The average Bonchev–Trinajstić information content (AvgIpc) is 3.50. The van der Waals surface area contributed by atoms with Gasteiger partial charge >= 0.3 is 0 Å². The smallest absolute Gasteiger partial charge is 0.257 e. The second kappa shape index (κ2) is 8.46. The zero-order valence-electron chi connectivity index (χ0n) is 18.2. The summed E-state index contributed by atoms with van der Waals surface area (Å²) in [6.45, 7) is 0.155. The van der Waals surface area contributed by atoms with Crippen molar-refractivity contribution in [3.63, 3.8) is 0 Å². The predicted molar refractivity (Wildman–Crippen MR) is 131 cm³/mol. The third-order valence-corrected chi connectivity index (χ3v) is 7.22. The summed E-state index contributed by atoms with van der Waals surface area (Å²) in [4.78, 5) is 31.8. The summed E-state index contributed by atoms with van der Waals surface area (Å²) < 4.78 is 10.7. The van der Waals surface area contributed by atoms with Gasteiger partial charge < -0.3 is 14.8 Å². The molecule has 1 aromatic heterocycles. The number of rotatable bonds is 4. The number of benzene rings is 3. The lowest BCUT2D eigenvalue weighted by molar-refractivity contribution is -0.117. The number of anilines is 2. The number of amides is 2. The van der Waals surface area contributed by atoms with Crippen LogP contribution in [-0.2, 0) is 11.2 Å². The Hall–Kier alpha value is -3.91. The van der Waals surface area contributed by atoms with Crippen LogP contribution in [-0.4, -0.2) is 23.6 Å². The molecule has 0 fully saturated rings. The number of ether oxygens (including phenoxy) is 2. The number of hydrogen-bond donors (Lipinski definition) is 2. The molecule has 0 saturated carbocycles. The number of carbonyl (C=O) groups excluding carboxylic acids is 2. The fraction of sp³-hybridized carbons (Fsp3) is 0.192. The van der Waals surface area contributed by atoms with Gasteiger partial charge in [0.15, 0.2) is 16.6 Å². The van der Waals surface area contributed by atoms with E-state index in [1.54, 1.807) is 18.2 Å². The van der Waals surface area contributed by atoms with Gasteiger partial charge in [0.05, 0.1) is 11.6 Å². The Morgan fingerprint density at radius 1 is 0.971 bits per heavy atom. The van der Waals surface area contributed by atoms with E-state index in [1.165, 1.54) is 11.3 Å². The summed E-state index contributed by atoms with van der Waals surface area (Å²) in [5, 5.41) is 8.57. The van der Waals surface area contributed by atoms with Gasteiger partial charge in [0.2, 0.25) is 12.7 Å². The van der Waals surface area contributed by atoms with Crippen molar-refractivity contribution in [2.24, 2.45) is 0 Å². The van der Waals surface area contributed by atoms with E-state index in [0.717, 1.165) is 46.3 Å². The molecule has 1 unspecified atom stereocenters. The Kier molecular flexibility index (Phi) is 5.15. The number of aromatic nitrogens is 1. The monoisotopic (exact) mass is 471 g/mol. The van der Waals surface area contributed by atoms with Crippen LogP contribution < -0.4 is 20.1 Å². The van der Waals surface area contributed by atoms with E-state index in [0.29, 0.717) is 22.2 Å². The number of thiazole rings is 1. The minimum atomic E-state index is -0.352. The van der Waals surface area contributed by atoms with E-state index in [9.17, 15) is 9.59 Å². The molecule has 0 bridgehead atoms. The van der Waals surface area contributed by atoms with Gasteiger partial charge in [-0.05, 0) is 48.9 Å². The molecule has 1 atom stereocenters. The highest BCUT2D eigenvalue weighted by molar-refractivity contribution is 7.16. The molecular formula is C26H21N3O4S. The van der Waals surface area contributed by atoms with E-state index in [1.807, 2.05) is 42.5 Å². The Labute approximate surface area is 199 Å². The first-order valence-corrected chi connectivity index (χ1v) is 12.0. The number of hydrogen-bond acceptors (Lipinski definition) is 6. The van der Waals surface area contributed by atoms with E-state index >= 15 is 0 Å². The Morgan fingerprint density at radius 2 is 1.82 bits per heavy atom. The molecule has 4 aromatic rings. The molecule has 170 valence electrons. The maximum absolute atomic E-state index is 13.3. The second-order valence-electron chi connectivity index (χ2n) is 8.31. The van der Waals surface area contributed by atoms with Crippen molar-refractivity contribution < 1.29 is 19.1 Å². The first-order chi connectivity index (χ1) is 16.7.